The lowest BCUT2D eigenvalue weighted by Crippen LogP contribution is -2.54. The number of thiol groups is 1. The van der Waals surface area contributed by atoms with Gasteiger partial charge in [-0.15, -0.1) is 0 Å². The van der Waals surface area contributed by atoms with Crippen molar-refractivity contribution in [3.63, 3.8) is 0 Å². The van der Waals surface area contributed by atoms with E-state index in [4.69, 9.17) is 0 Å². The number of amides is 1. The highest BCUT2D eigenvalue weighted by Gasteiger charge is 2.29. The van der Waals surface area contributed by atoms with Crippen molar-refractivity contribution in [2.24, 2.45) is 0 Å². The quantitative estimate of drug-likeness (QED) is 0.730. The zero-order valence-corrected chi connectivity index (χ0v) is 11.5. The van der Waals surface area contributed by atoms with Crippen LogP contribution in [0.15, 0.2) is 0 Å². The van der Waals surface area contributed by atoms with Gasteiger partial charge in [-0.2, -0.15) is 12.6 Å². The molecule has 2 aliphatic heterocycles. The number of piperazine rings is 1. The third kappa shape index (κ3) is 3.36. The van der Waals surface area contributed by atoms with Crippen molar-refractivity contribution in [1.82, 2.24) is 14.7 Å². The van der Waals surface area contributed by atoms with E-state index in [2.05, 4.69) is 22.4 Å². The summed E-state index contributed by atoms with van der Waals surface area (Å²) in [6.07, 6.45) is 2.40. The van der Waals surface area contributed by atoms with Crippen molar-refractivity contribution in [2.45, 2.75) is 18.9 Å². The SMILES string of the molecule is CN1CCN(C2CCN(CCS)CC2)CC1=O. The maximum Gasteiger partial charge on any atom is 0.236 e. The predicted octanol–water partition coefficient (Wildman–Crippen LogP) is 0.155. The molecule has 4 nitrogen and oxygen atoms in total. The minimum absolute atomic E-state index is 0.272. The topological polar surface area (TPSA) is 26.8 Å². The molecule has 0 N–H and O–H groups in total. The summed E-state index contributed by atoms with van der Waals surface area (Å²) >= 11 is 4.27. The largest absolute Gasteiger partial charge is 0.343 e. The molecule has 0 aliphatic carbocycles. The van der Waals surface area contributed by atoms with E-state index in [1.807, 2.05) is 11.9 Å². The first kappa shape index (κ1) is 13.2. The van der Waals surface area contributed by atoms with Crippen LogP contribution in [-0.2, 0) is 4.79 Å². The molecular weight excluding hydrogens is 234 g/mol. The average Bonchev–Trinajstić information content (AvgIpc) is 2.34. The summed E-state index contributed by atoms with van der Waals surface area (Å²) in [6, 6.07) is 0.615. The molecule has 0 unspecified atom stereocenters. The van der Waals surface area contributed by atoms with Crippen LogP contribution in [0.5, 0.6) is 0 Å². The van der Waals surface area contributed by atoms with E-state index in [0.29, 0.717) is 12.6 Å². The number of nitrogens with zero attached hydrogens (tertiary/aromatic N) is 3. The number of piperidine rings is 1. The highest BCUT2D eigenvalue weighted by atomic mass is 32.1. The van der Waals surface area contributed by atoms with E-state index in [-0.39, 0.29) is 5.91 Å². The Hall–Kier alpha value is -0.260. The van der Waals surface area contributed by atoms with Crippen molar-refractivity contribution < 1.29 is 4.79 Å². The summed E-state index contributed by atoms with van der Waals surface area (Å²) in [5, 5.41) is 0. The van der Waals surface area contributed by atoms with Crippen molar-refractivity contribution in [2.75, 3.05) is 52.1 Å². The zero-order chi connectivity index (χ0) is 12.3. The van der Waals surface area contributed by atoms with Gasteiger partial charge in [-0.1, -0.05) is 0 Å². The molecule has 0 radical (unpaired) electrons. The maximum atomic E-state index is 11.7. The number of likely N-dealkylation sites (N-methyl/N-ethyl adjacent to an activating group) is 1. The Labute approximate surface area is 109 Å². The van der Waals surface area contributed by atoms with Crippen LogP contribution in [0.1, 0.15) is 12.8 Å². The van der Waals surface area contributed by atoms with Crippen LogP contribution in [0.4, 0.5) is 0 Å². The number of rotatable bonds is 3. The van der Waals surface area contributed by atoms with Crippen LogP contribution >= 0.6 is 12.6 Å². The smallest absolute Gasteiger partial charge is 0.236 e. The van der Waals surface area contributed by atoms with Crippen LogP contribution in [-0.4, -0.2) is 78.7 Å². The number of likely N-dealkylation sites (tertiary alicyclic amines) is 1. The minimum atomic E-state index is 0.272. The van der Waals surface area contributed by atoms with E-state index < -0.39 is 0 Å². The maximum absolute atomic E-state index is 11.7. The lowest BCUT2D eigenvalue weighted by Gasteiger charge is -2.41. The molecule has 17 heavy (non-hydrogen) atoms. The van der Waals surface area contributed by atoms with E-state index in [9.17, 15) is 4.79 Å². The van der Waals surface area contributed by atoms with E-state index in [0.717, 1.165) is 38.5 Å². The van der Waals surface area contributed by atoms with Crippen LogP contribution in [0.25, 0.3) is 0 Å². The van der Waals surface area contributed by atoms with Gasteiger partial charge in [0.15, 0.2) is 0 Å². The molecule has 0 aromatic rings. The third-order valence-corrected chi connectivity index (χ3v) is 4.18. The predicted molar refractivity (Wildman–Crippen MR) is 72.5 cm³/mol. The van der Waals surface area contributed by atoms with Gasteiger partial charge in [0.25, 0.3) is 0 Å². The van der Waals surface area contributed by atoms with E-state index >= 15 is 0 Å². The van der Waals surface area contributed by atoms with Gasteiger partial charge in [-0.3, -0.25) is 9.69 Å². The lowest BCUT2D eigenvalue weighted by atomic mass is 10.0. The van der Waals surface area contributed by atoms with Gasteiger partial charge in [0.2, 0.25) is 5.91 Å². The molecule has 0 atom stereocenters. The second kappa shape index (κ2) is 6.07. The van der Waals surface area contributed by atoms with Gasteiger partial charge in [0.05, 0.1) is 6.54 Å². The van der Waals surface area contributed by atoms with Gasteiger partial charge in [-0.25, -0.2) is 0 Å². The first-order valence-corrected chi connectivity index (χ1v) is 7.15. The molecule has 2 heterocycles. The van der Waals surface area contributed by atoms with Crippen molar-refractivity contribution >= 4 is 18.5 Å². The van der Waals surface area contributed by atoms with Crippen LogP contribution in [0, 0.1) is 0 Å². The molecule has 0 saturated carbocycles. The Morgan fingerprint density at radius 2 is 1.94 bits per heavy atom. The summed E-state index contributed by atoms with van der Waals surface area (Å²) in [5.41, 5.74) is 0. The first-order chi connectivity index (χ1) is 8.20. The fourth-order valence-corrected chi connectivity index (χ4v) is 3.02. The molecule has 2 saturated heterocycles. The molecule has 2 fully saturated rings. The highest BCUT2D eigenvalue weighted by Crippen LogP contribution is 2.18. The van der Waals surface area contributed by atoms with Gasteiger partial charge < -0.3 is 9.80 Å². The summed E-state index contributed by atoms with van der Waals surface area (Å²) in [5.74, 6) is 1.21. The second-order valence-corrected chi connectivity index (χ2v) is 5.53. The number of carbonyl (C=O) groups is 1. The Morgan fingerprint density at radius 3 is 2.53 bits per heavy atom. The normalized spacial score (nSPS) is 25.5. The molecule has 5 heteroatoms. The second-order valence-electron chi connectivity index (χ2n) is 5.08. The van der Waals surface area contributed by atoms with Crippen molar-refractivity contribution in [3.8, 4) is 0 Å². The summed E-state index contributed by atoms with van der Waals surface area (Å²) in [6.45, 7) is 5.96. The van der Waals surface area contributed by atoms with Crippen LogP contribution in [0.3, 0.4) is 0 Å². The fourth-order valence-electron chi connectivity index (χ4n) is 2.74. The number of hydrogen-bond donors (Lipinski definition) is 1. The van der Waals surface area contributed by atoms with Crippen molar-refractivity contribution in [3.05, 3.63) is 0 Å². The van der Waals surface area contributed by atoms with Gasteiger partial charge in [-0.05, 0) is 25.9 Å². The summed E-state index contributed by atoms with van der Waals surface area (Å²) < 4.78 is 0. The van der Waals surface area contributed by atoms with Crippen LogP contribution < -0.4 is 0 Å². The molecule has 0 aromatic heterocycles. The average molecular weight is 257 g/mol. The van der Waals surface area contributed by atoms with Gasteiger partial charge in [0.1, 0.15) is 0 Å². The summed E-state index contributed by atoms with van der Waals surface area (Å²) in [7, 11) is 1.90. The number of carbonyl (C=O) groups excluding carboxylic acids is 1. The molecule has 1 amide bonds. The molecule has 0 spiro atoms. The molecule has 0 bridgehead atoms. The van der Waals surface area contributed by atoms with Gasteiger partial charge >= 0.3 is 0 Å². The van der Waals surface area contributed by atoms with E-state index in [1.54, 1.807) is 0 Å². The van der Waals surface area contributed by atoms with E-state index in [1.165, 1.54) is 12.8 Å². The van der Waals surface area contributed by atoms with Crippen molar-refractivity contribution in [1.29, 1.82) is 0 Å². The Balaban J connectivity index is 1.79. The zero-order valence-electron chi connectivity index (χ0n) is 10.6. The molecule has 2 rings (SSSR count). The monoisotopic (exact) mass is 257 g/mol. The standard InChI is InChI=1S/C12H23N3OS/c1-13-6-7-15(10-12(13)16)11-2-4-14(5-3-11)8-9-17/h11,17H,2-10H2,1H3. The molecule has 0 aromatic carbocycles. The fraction of sp³-hybridized carbons (Fsp3) is 0.917. The first-order valence-electron chi connectivity index (χ1n) is 6.52. The number of hydrogen-bond acceptors (Lipinski definition) is 4. The Kier molecular flexibility index (Phi) is 4.70. The molecule has 2 aliphatic rings. The minimum Gasteiger partial charge on any atom is -0.343 e. The summed E-state index contributed by atoms with van der Waals surface area (Å²) in [4.78, 5) is 18.4. The van der Waals surface area contributed by atoms with Crippen LogP contribution in [0.2, 0.25) is 0 Å². The molecule has 98 valence electrons. The Morgan fingerprint density at radius 1 is 1.24 bits per heavy atom. The highest BCUT2D eigenvalue weighted by molar-refractivity contribution is 7.80. The lowest BCUT2D eigenvalue weighted by molar-refractivity contribution is -0.135. The molecular formula is C12H23N3OS. The van der Waals surface area contributed by atoms with Gasteiger partial charge in [0, 0.05) is 38.5 Å². The third-order valence-electron chi connectivity index (χ3n) is 3.98. The Bertz CT molecular complexity index is 266.